The van der Waals surface area contributed by atoms with Crippen molar-refractivity contribution in [3.8, 4) is 5.75 Å². The molecule has 0 saturated carbocycles. The Labute approximate surface area is 78.4 Å². The summed E-state index contributed by atoms with van der Waals surface area (Å²) in [5, 5.41) is 10.6. The number of ether oxygens (including phenoxy) is 1. The van der Waals surface area contributed by atoms with Crippen molar-refractivity contribution in [3.63, 3.8) is 0 Å². The lowest BCUT2D eigenvalue weighted by Crippen LogP contribution is -2.02. The van der Waals surface area contributed by atoms with Gasteiger partial charge in [0, 0.05) is 6.07 Å². The summed E-state index contributed by atoms with van der Waals surface area (Å²) >= 11 is 0. The summed E-state index contributed by atoms with van der Waals surface area (Å²) < 4.78 is 4.95. The lowest BCUT2D eigenvalue weighted by Gasteiger charge is -2.01. The topological polar surface area (TPSA) is 95.5 Å². The van der Waals surface area contributed by atoms with Crippen LogP contribution in [0.3, 0.4) is 0 Å². The second-order valence-corrected chi connectivity index (χ2v) is 2.85. The number of nitro benzene ring substituents is 1. The van der Waals surface area contributed by atoms with Crippen LogP contribution in [0.4, 0.5) is 11.4 Å². The molecule has 6 nitrogen and oxygen atoms in total. The molecule has 0 bridgehead atoms. The molecule has 1 aromatic rings. The van der Waals surface area contributed by atoms with Crippen molar-refractivity contribution in [2.24, 2.45) is 0 Å². The zero-order valence-electron chi connectivity index (χ0n) is 7.02. The third-order valence-electron chi connectivity index (χ3n) is 1.99. The summed E-state index contributed by atoms with van der Waals surface area (Å²) in [6.45, 7) is -0.176. The number of nitrogens with two attached hydrogens (primary N) is 1. The number of nitrogens with zero attached hydrogens (tertiary/aromatic N) is 1. The number of ketones is 1. The minimum absolute atomic E-state index is 0.0185. The van der Waals surface area contributed by atoms with E-state index in [9.17, 15) is 14.9 Å². The molecular formula is C8H6N2O4. The summed E-state index contributed by atoms with van der Waals surface area (Å²) in [5.74, 6) is -0.275. The van der Waals surface area contributed by atoms with Crippen molar-refractivity contribution in [3.05, 3.63) is 27.8 Å². The molecule has 0 unspecified atom stereocenters. The highest BCUT2D eigenvalue weighted by atomic mass is 16.6. The summed E-state index contributed by atoms with van der Waals surface area (Å²) in [4.78, 5) is 21.2. The van der Waals surface area contributed by atoms with E-state index >= 15 is 0 Å². The maximum atomic E-state index is 11.3. The summed E-state index contributed by atoms with van der Waals surface area (Å²) in [7, 11) is 0. The van der Waals surface area contributed by atoms with E-state index in [1.165, 1.54) is 12.1 Å². The number of hydrogen-bond acceptors (Lipinski definition) is 5. The quantitative estimate of drug-likeness (QED) is 0.404. The number of benzene rings is 1. The first kappa shape index (κ1) is 8.49. The maximum absolute atomic E-state index is 11.3. The molecule has 0 radical (unpaired) electrons. The van der Waals surface area contributed by atoms with Crippen LogP contribution >= 0.6 is 0 Å². The van der Waals surface area contributed by atoms with Crippen molar-refractivity contribution in [2.75, 3.05) is 12.3 Å². The Morgan fingerprint density at radius 1 is 1.50 bits per heavy atom. The number of fused-ring (bicyclic) bond motifs is 1. The highest BCUT2D eigenvalue weighted by Gasteiger charge is 2.32. The van der Waals surface area contributed by atoms with Crippen molar-refractivity contribution in [1.29, 1.82) is 0 Å². The molecular weight excluding hydrogens is 188 g/mol. The molecule has 6 heteroatoms. The lowest BCUT2D eigenvalue weighted by molar-refractivity contribution is -0.385. The SMILES string of the molecule is Nc1ccc([N+](=O)[O-])c2c1OCC2=O. The Balaban J connectivity index is 2.72. The van der Waals surface area contributed by atoms with Gasteiger partial charge in [-0.15, -0.1) is 0 Å². The molecule has 72 valence electrons. The zero-order chi connectivity index (χ0) is 10.3. The number of Topliss-reactive ketones (excluding diaryl/α,β-unsaturated/α-hetero) is 1. The number of anilines is 1. The van der Waals surface area contributed by atoms with Crippen LogP contribution in [0.2, 0.25) is 0 Å². The molecule has 0 aliphatic carbocycles. The van der Waals surface area contributed by atoms with E-state index in [2.05, 4.69) is 0 Å². The van der Waals surface area contributed by atoms with Crippen LogP contribution in [0.1, 0.15) is 10.4 Å². The third kappa shape index (κ3) is 1.00. The van der Waals surface area contributed by atoms with Crippen LogP contribution in [0.25, 0.3) is 0 Å². The van der Waals surface area contributed by atoms with E-state index < -0.39 is 10.7 Å². The van der Waals surface area contributed by atoms with Crippen LogP contribution in [0, 0.1) is 10.1 Å². The van der Waals surface area contributed by atoms with Crippen molar-refractivity contribution in [2.45, 2.75) is 0 Å². The normalized spacial score (nSPS) is 13.6. The van der Waals surface area contributed by atoms with E-state index in [1.54, 1.807) is 0 Å². The lowest BCUT2D eigenvalue weighted by atomic mass is 10.1. The van der Waals surface area contributed by atoms with E-state index in [-0.39, 0.29) is 29.3 Å². The number of rotatable bonds is 1. The van der Waals surface area contributed by atoms with Gasteiger partial charge in [-0.1, -0.05) is 0 Å². The number of nitrogen functional groups attached to an aromatic ring is 1. The van der Waals surface area contributed by atoms with Gasteiger partial charge >= 0.3 is 0 Å². The highest BCUT2D eigenvalue weighted by molar-refractivity contribution is 6.07. The summed E-state index contributed by atoms with van der Waals surface area (Å²) in [5.41, 5.74) is 5.48. The molecule has 2 rings (SSSR count). The summed E-state index contributed by atoms with van der Waals surface area (Å²) in [6.07, 6.45) is 0. The molecule has 0 amide bonds. The van der Waals surface area contributed by atoms with E-state index in [0.29, 0.717) is 0 Å². The largest absolute Gasteiger partial charge is 0.482 e. The monoisotopic (exact) mass is 194 g/mol. The Morgan fingerprint density at radius 3 is 2.86 bits per heavy atom. The fourth-order valence-electron chi connectivity index (χ4n) is 1.38. The average molecular weight is 194 g/mol. The molecule has 1 aliphatic heterocycles. The second kappa shape index (κ2) is 2.69. The first-order valence-electron chi connectivity index (χ1n) is 3.84. The molecule has 0 fully saturated rings. The minimum Gasteiger partial charge on any atom is -0.482 e. The number of carbonyl (C=O) groups is 1. The molecule has 1 aliphatic rings. The van der Waals surface area contributed by atoms with E-state index in [0.717, 1.165) is 0 Å². The van der Waals surface area contributed by atoms with Crippen molar-refractivity contribution >= 4 is 17.2 Å². The molecule has 14 heavy (non-hydrogen) atoms. The van der Waals surface area contributed by atoms with Crippen LogP contribution in [-0.2, 0) is 0 Å². The second-order valence-electron chi connectivity index (χ2n) is 2.85. The number of carbonyl (C=O) groups excluding carboxylic acids is 1. The Morgan fingerprint density at radius 2 is 2.21 bits per heavy atom. The van der Waals surface area contributed by atoms with Gasteiger partial charge in [0.05, 0.1) is 10.6 Å². The fourth-order valence-corrected chi connectivity index (χ4v) is 1.38. The van der Waals surface area contributed by atoms with E-state index in [4.69, 9.17) is 10.5 Å². The standard InChI is InChI=1S/C8H6N2O4/c9-4-1-2-5(10(12)13)7-6(11)3-14-8(4)7/h1-2H,3,9H2. The first-order valence-corrected chi connectivity index (χ1v) is 3.84. The van der Waals surface area contributed by atoms with Gasteiger partial charge in [-0.05, 0) is 6.07 Å². The molecule has 1 aromatic carbocycles. The van der Waals surface area contributed by atoms with Gasteiger partial charge in [0.1, 0.15) is 5.56 Å². The highest BCUT2D eigenvalue weighted by Crippen LogP contribution is 2.37. The predicted octanol–water partition coefficient (Wildman–Crippen LogP) is 0.752. The molecule has 0 saturated heterocycles. The van der Waals surface area contributed by atoms with Gasteiger partial charge in [0.2, 0.25) is 5.78 Å². The minimum atomic E-state index is -0.620. The average Bonchev–Trinajstić information content (AvgIpc) is 2.50. The van der Waals surface area contributed by atoms with Gasteiger partial charge < -0.3 is 10.5 Å². The van der Waals surface area contributed by atoms with Gasteiger partial charge in [-0.2, -0.15) is 0 Å². The fraction of sp³-hybridized carbons (Fsp3) is 0.125. The van der Waals surface area contributed by atoms with Gasteiger partial charge in [0.25, 0.3) is 5.69 Å². The van der Waals surface area contributed by atoms with Crippen LogP contribution in [0.15, 0.2) is 12.1 Å². The van der Waals surface area contributed by atoms with Gasteiger partial charge in [-0.25, -0.2) is 0 Å². The summed E-state index contributed by atoms with van der Waals surface area (Å²) in [6, 6.07) is 2.57. The first-order chi connectivity index (χ1) is 6.61. The van der Waals surface area contributed by atoms with Crippen LogP contribution < -0.4 is 10.5 Å². The predicted molar refractivity (Wildman–Crippen MR) is 47.3 cm³/mol. The molecule has 0 atom stereocenters. The third-order valence-corrected chi connectivity index (χ3v) is 1.99. The molecule has 1 heterocycles. The maximum Gasteiger partial charge on any atom is 0.284 e. The van der Waals surface area contributed by atoms with Crippen molar-refractivity contribution in [1.82, 2.24) is 0 Å². The Bertz CT molecular complexity index is 441. The van der Waals surface area contributed by atoms with Crippen LogP contribution in [-0.4, -0.2) is 17.3 Å². The molecule has 0 aromatic heterocycles. The molecule has 0 spiro atoms. The van der Waals surface area contributed by atoms with Crippen LogP contribution in [0.5, 0.6) is 5.75 Å². The Kier molecular flexibility index (Phi) is 1.63. The Hall–Kier alpha value is -2.11. The van der Waals surface area contributed by atoms with Crippen molar-refractivity contribution < 1.29 is 14.5 Å². The molecule has 2 N–H and O–H groups in total. The van der Waals surface area contributed by atoms with Gasteiger partial charge in [0.15, 0.2) is 12.4 Å². The number of nitro groups is 1. The zero-order valence-corrected chi connectivity index (χ0v) is 7.02. The van der Waals surface area contributed by atoms with E-state index in [1.807, 2.05) is 0 Å². The van der Waals surface area contributed by atoms with Gasteiger partial charge in [-0.3, -0.25) is 14.9 Å². The smallest absolute Gasteiger partial charge is 0.284 e. The number of hydrogen-bond donors (Lipinski definition) is 1.